The highest BCUT2D eigenvalue weighted by molar-refractivity contribution is 5.37. The molecule has 2 fully saturated rings. The van der Waals surface area contributed by atoms with Crippen LogP contribution in [0.2, 0.25) is 0 Å². The minimum absolute atomic E-state index is 0.386. The number of hydrogen-bond acceptors (Lipinski definition) is 5. The number of nitrogens with zero attached hydrogens (tertiary/aromatic N) is 3. The van der Waals surface area contributed by atoms with E-state index in [9.17, 15) is 0 Å². The molecule has 1 aromatic rings. The zero-order valence-corrected chi connectivity index (χ0v) is 9.13. The Balaban J connectivity index is 1.77. The summed E-state index contributed by atoms with van der Waals surface area (Å²) in [5.74, 6) is 0.566. The first-order valence-corrected chi connectivity index (χ1v) is 5.67. The number of rotatable bonds is 1. The molecule has 0 radical (unpaired) electrons. The van der Waals surface area contributed by atoms with E-state index in [1.165, 1.54) is 0 Å². The van der Waals surface area contributed by atoms with Crippen LogP contribution in [0.25, 0.3) is 0 Å². The average molecular weight is 221 g/mol. The lowest BCUT2D eigenvalue weighted by molar-refractivity contribution is -0.161. The van der Waals surface area contributed by atoms with Crippen molar-refractivity contribution in [1.82, 2.24) is 9.97 Å². The zero-order valence-electron chi connectivity index (χ0n) is 9.13. The fourth-order valence-corrected chi connectivity index (χ4v) is 2.39. The summed E-state index contributed by atoms with van der Waals surface area (Å²) in [6.07, 6.45) is 5.39. The Hall–Kier alpha value is -1.20. The smallest absolute Gasteiger partial charge is 0.186 e. The van der Waals surface area contributed by atoms with Crippen LogP contribution in [0.1, 0.15) is 12.8 Å². The first kappa shape index (κ1) is 9.99. The predicted molar refractivity (Wildman–Crippen MR) is 58.1 cm³/mol. The van der Waals surface area contributed by atoms with Crippen LogP contribution >= 0.6 is 0 Å². The lowest BCUT2D eigenvalue weighted by Crippen LogP contribution is -2.49. The zero-order chi connectivity index (χ0) is 10.8. The molecule has 5 heteroatoms. The van der Waals surface area contributed by atoms with Crippen molar-refractivity contribution >= 4 is 5.82 Å². The Bertz CT molecular complexity index is 352. The highest BCUT2D eigenvalue weighted by atomic mass is 16.7. The summed E-state index contributed by atoms with van der Waals surface area (Å²) in [5.41, 5.74) is 0. The molecule has 1 spiro atoms. The van der Waals surface area contributed by atoms with Crippen LogP contribution in [0.3, 0.4) is 0 Å². The van der Waals surface area contributed by atoms with Crippen molar-refractivity contribution in [3.8, 4) is 0 Å². The molecule has 3 heterocycles. The van der Waals surface area contributed by atoms with E-state index in [1.54, 1.807) is 12.5 Å². The van der Waals surface area contributed by atoms with Gasteiger partial charge in [0, 0.05) is 19.2 Å². The van der Waals surface area contributed by atoms with Crippen molar-refractivity contribution in [3.63, 3.8) is 0 Å². The van der Waals surface area contributed by atoms with Crippen LogP contribution in [0, 0.1) is 0 Å². The fourth-order valence-electron chi connectivity index (χ4n) is 2.39. The van der Waals surface area contributed by atoms with Gasteiger partial charge in [-0.2, -0.15) is 0 Å². The summed E-state index contributed by atoms with van der Waals surface area (Å²) >= 11 is 0. The monoisotopic (exact) mass is 221 g/mol. The van der Waals surface area contributed by atoms with Gasteiger partial charge in [0.1, 0.15) is 12.1 Å². The van der Waals surface area contributed by atoms with Crippen molar-refractivity contribution in [1.29, 1.82) is 0 Å². The van der Waals surface area contributed by atoms with Gasteiger partial charge in [-0.15, -0.1) is 0 Å². The normalized spacial score (nSPS) is 23.9. The van der Waals surface area contributed by atoms with E-state index in [1.807, 2.05) is 6.07 Å². The molecule has 0 aromatic carbocycles. The molecular formula is C11H15N3O2. The number of ether oxygens (including phenoxy) is 2. The minimum atomic E-state index is -0.386. The number of piperidine rings is 1. The third-order valence-corrected chi connectivity index (χ3v) is 3.12. The second-order valence-corrected chi connectivity index (χ2v) is 4.20. The van der Waals surface area contributed by atoms with Crippen molar-refractivity contribution in [2.45, 2.75) is 18.6 Å². The first-order valence-electron chi connectivity index (χ1n) is 5.67. The molecular weight excluding hydrogens is 206 g/mol. The molecule has 0 amide bonds. The highest BCUT2D eigenvalue weighted by Gasteiger charge is 2.41. The Morgan fingerprint density at radius 1 is 1.31 bits per heavy atom. The quantitative estimate of drug-likeness (QED) is 0.702. The summed E-state index contributed by atoms with van der Waals surface area (Å²) < 4.78 is 11.5. The molecule has 0 atom stereocenters. The van der Waals surface area contributed by atoms with E-state index >= 15 is 0 Å². The Morgan fingerprint density at radius 2 is 2.19 bits per heavy atom. The largest absolute Gasteiger partial charge is 0.351 e. The molecule has 16 heavy (non-hydrogen) atoms. The highest BCUT2D eigenvalue weighted by Crippen LogP contribution is 2.31. The lowest BCUT2D eigenvalue weighted by atomic mass is 10.0. The summed E-state index contributed by atoms with van der Waals surface area (Å²) in [7, 11) is 0. The second kappa shape index (κ2) is 3.99. The van der Waals surface area contributed by atoms with E-state index < -0.39 is 0 Å². The van der Waals surface area contributed by atoms with Crippen LogP contribution in [0.5, 0.6) is 0 Å². The third-order valence-electron chi connectivity index (χ3n) is 3.12. The van der Waals surface area contributed by atoms with Crippen LogP contribution in [0.15, 0.2) is 18.6 Å². The van der Waals surface area contributed by atoms with Gasteiger partial charge in [0.25, 0.3) is 0 Å². The van der Waals surface area contributed by atoms with Gasteiger partial charge in [0.15, 0.2) is 5.79 Å². The van der Waals surface area contributed by atoms with Crippen molar-refractivity contribution in [2.75, 3.05) is 31.2 Å². The Labute approximate surface area is 94.4 Å². The molecule has 0 bridgehead atoms. The first-order chi connectivity index (χ1) is 7.88. The molecule has 5 nitrogen and oxygen atoms in total. The number of anilines is 1. The van der Waals surface area contributed by atoms with Crippen LogP contribution in [-0.2, 0) is 9.47 Å². The predicted octanol–water partition coefficient (Wildman–Crippen LogP) is 0.820. The van der Waals surface area contributed by atoms with E-state index in [-0.39, 0.29) is 5.79 Å². The fraction of sp³-hybridized carbons (Fsp3) is 0.636. The summed E-state index contributed by atoms with van der Waals surface area (Å²) in [5, 5.41) is 0. The number of hydrogen-bond donors (Lipinski definition) is 0. The standard InChI is InChI=1S/C11H15N3O2/c1-3-11(15-6-7-16-11)8-14(5-1)10-2-4-12-9-13-10/h2,4,9H,1,3,5-8H2. The molecule has 0 N–H and O–H groups in total. The molecule has 3 rings (SSSR count). The van der Waals surface area contributed by atoms with Gasteiger partial charge in [0.2, 0.25) is 0 Å². The van der Waals surface area contributed by atoms with E-state index in [0.717, 1.165) is 31.7 Å². The summed E-state index contributed by atoms with van der Waals surface area (Å²) in [6.45, 7) is 3.19. The maximum absolute atomic E-state index is 5.73. The Kier molecular flexibility index (Phi) is 2.49. The van der Waals surface area contributed by atoms with Gasteiger partial charge in [-0.25, -0.2) is 9.97 Å². The van der Waals surface area contributed by atoms with E-state index in [4.69, 9.17) is 9.47 Å². The molecule has 1 aromatic heterocycles. The van der Waals surface area contributed by atoms with E-state index in [2.05, 4.69) is 14.9 Å². The topological polar surface area (TPSA) is 47.5 Å². The van der Waals surface area contributed by atoms with Crippen molar-refractivity contribution in [2.24, 2.45) is 0 Å². The summed E-state index contributed by atoms with van der Waals surface area (Å²) in [4.78, 5) is 10.4. The van der Waals surface area contributed by atoms with Gasteiger partial charge in [-0.05, 0) is 12.5 Å². The van der Waals surface area contributed by atoms with Gasteiger partial charge in [-0.1, -0.05) is 0 Å². The van der Waals surface area contributed by atoms with Crippen LogP contribution in [0.4, 0.5) is 5.82 Å². The van der Waals surface area contributed by atoms with Gasteiger partial charge in [0.05, 0.1) is 19.8 Å². The summed E-state index contributed by atoms with van der Waals surface area (Å²) in [6, 6.07) is 1.92. The molecule has 0 unspecified atom stereocenters. The molecule has 2 aliphatic heterocycles. The average Bonchev–Trinajstić information content (AvgIpc) is 2.78. The molecule has 2 saturated heterocycles. The molecule has 86 valence electrons. The number of aromatic nitrogens is 2. The SMILES string of the molecule is c1cc(N2CCCC3(C2)OCCO3)ncn1. The van der Waals surface area contributed by atoms with Crippen molar-refractivity contribution in [3.05, 3.63) is 18.6 Å². The third kappa shape index (κ3) is 1.76. The van der Waals surface area contributed by atoms with Gasteiger partial charge >= 0.3 is 0 Å². The van der Waals surface area contributed by atoms with Crippen LogP contribution < -0.4 is 4.90 Å². The van der Waals surface area contributed by atoms with Crippen molar-refractivity contribution < 1.29 is 9.47 Å². The Morgan fingerprint density at radius 3 is 2.94 bits per heavy atom. The van der Waals surface area contributed by atoms with Gasteiger partial charge < -0.3 is 14.4 Å². The molecule has 0 aliphatic carbocycles. The van der Waals surface area contributed by atoms with Gasteiger partial charge in [-0.3, -0.25) is 0 Å². The molecule has 0 saturated carbocycles. The lowest BCUT2D eigenvalue weighted by Gasteiger charge is -2.39. The maximum Gasteiger partial charge on any atom is 0.186 e. The van der Waals surface area contributed by atoms with Crippen LogP contribution in [-0.4, -0.2) is 42.1 Å². The maximum atomic E-state index is 5.73. The minimum Gasteiger partial charge on any atom is -0.351 e. The van der Waals surface area contributed by atoms with E-state index in [0.29, 0.717) is 13.2 Å². The molecule has 2 aliphatic rings. The second-order valence-electron chi connectivity index (χ2n) is 4.20.